The summed E-state index contributed by atoms with van der Waals surface area (Å²) >= 11 is 0. The highest BCUT2D eigenvalue weighted by atomic mass is 15.2. The quantitative estimate of drug-likeness (QED) is 0.686. The van der Waals surface area contributed by atoms with E-state index in [9.17, 15) is 0 Å². The van der Waals surface area contributed by atoms with E-state index in [1.54, 1.807) is 0 Å². The van der Waals surface area contributed by atoms with E-state index in [4.69, 9.17) is 0 Å². The number of likely N-dealkylation sites (N-methyl/N-ethyl adjacent to an activating group) is 1. The van der Waals surface area contributed by atoms with Crippen molar-refractivity contribution in [3.8, 4) is 0 Å². The fourth-order valence-electron chi connectivity index (χ4n) is 1.96. The Kier molecular flexibility index (Phi) is 7.25. The van der Waals surface area contributed by atoms with Crippen LogP contribution < -0.4 is 5.32 Å². The number of nitrogens with one attached hydrogen (secondary N) is 1. The van der Waals surface area contributed by atoms with Gasteiger partial charge in [-0.3, -0.25) is 4.90 Å². The van der Waals surface area contributed by atoms with Crippen LogP contribution in [0.1, 0.15) is 61.3 Å². The summed E-state index contributed by atoms with van der Waals surface area (Å²) < 4.78 is 0. The topological polar surface area (TPSA) is 15.3 Å². The molecule has 2 heteroatoms. The van der Waals surface area contributed by atoms with Crippen LogP contribution in [0.15, 0.2) is 0 Å². The monoisotopic (exact) mass is 228 g/mol. The third kappa shape index (κ3) is 5.31. The predicted molar refractivity (Wildman–Crippen MR) is 74.0 cm³/mol. The average Bonchev–Trinajstić information content (AvgIpc) is 2.27. The third-order valence-electron chi connectivity index (χ3n) is 3.85. The molecule has 0 spiro atoms. The van der Waals surface area contributed by atoms with Crippen LogP contribution in [0.5, 0.6) is 0 Å². The first-order valence-electron chi connectivity index (χ1n) is 6.88. The molecule has 0 aromatic heterocycles. The van der Waals surface area contributed by atoms with E-state index >= 15 is 0 Å². The van der Waals surface area contributed by atoms with Gasteiger partial charge in [0.1, 0.15) is 0 Å². The van der Waals surface area contributed by atoms with Crippen LogP contribution in [0.4, 0.5) is 0 Å². The SMILES string of the molecule is CCC(C)N(CC)C(C)CNC(C)(C)CC. The van der Waals surface area contributed by atoms with Crippen molar-refractivity contribution in [2.24, 2.45) is 0 Å². The van der Waals surface area contributed by atoms with Crippen molar-refractivity contribution in [1.29, 1.82) is 0 Å². The zero-order chi connectivity index (χ0) is 12.8. The first kappa shape index (κ1) is 15.9. The van der Waals surface area contributed by atoms with Crippen molar-refractivity contribution in [3.63, 3.8) is 0 Å². The molecule has 0 radical (unpaired) electrons. The Hall–Kier alpha value is -0.0800. The molecule has 0 aliphatic rings. The Balaban J connectivity index is 4.16. The van der Waals surface area contributed by atoms with Crippen molar-refractivity contribution in [2.75, 3.05) is 13.1 Å². The summed E-state index contributed by atoms with van der Waals surface area (Å²) in [5, 5.41) is 3.66. The van der Waals surface area contributed by atoms with Crippen LogP contribution in [-0.4, -0.2) is 35.6 Å². The highest BCUT2D eigenvalue weighted by Crippen LogP contribution is 2.11. The molecular formula is C14H32N2. The minimum absolute atomic E-state index is 0.267. The van der Waals surface area contributed by atoms with E-state index in [2.05, 4.69) is 58.7 Å². The number of nitrogens with zero attached hydrogens (tertiary/aromatic N) is 1. The van der Waals surface area contributed by atoms with Gasteiger partial charge in [-0.1, -0.05) is 20.8 Å². The highest BCUT2D eigenvalue weighted by molar-refractivity contribution is 4.80. The molecule has 0 rings (SSSR count). The molecule has 2 unspecified atom stereocenters. The molecule has 0 aromatic carbocycles. The van der Waals surface area contributed by atoms with Gasteiger partial charge in [-0.05, 0) is 47.1 Å². The second-order valence-electron chi connectivity index (χ2n) is 5.56. The second kappa shape index (κ2) is 7.29. The lowest BCUT2D eigenvalue weighted by molar-refractivity contribution is 0.147. The van der Waals surface area contributed by atoms with Crippen molar-refractivity contribution in [2.45, 2.75) is 78.9 Å². The lowest BCUT2D eigenvalue weighted by Crippen LogP contribution is -2.49. The van der Waals surface area contributed by atoms with Crippen molar-refractivity contribution >= 4 is 0 Å². The smallest absolute Gasteiger partial charge is 0.0195 e. The Labute approximate surface area is 103 Å². The molecule has 1 N–H and O–H groups in total. The standard InChI is InChI=1S/C14H32N2/c1-8-12(4)16(10-3)13(5)11-15-14(6,7)9-2/h12-13,15H,8-11H2,1-7H3. The molecule has 2 atom stereocenters. The predicted octanol–water partition coefficient (Wildman–Crippen LogP) is 3.27. The average molecular weight is 228 g/mol. The zero-order valence-electron chi connectivity index (χ0n) is 12.4. The lowest BCUT2D eigenvalue weighted by Gasteiger charge is -2.35. The molecular weight excluding hydrogens is 196 g/mol. The van der Waals surface area contributed by atoms with Gasteiger partial charge in [0.25, 0.3) is 0 Å². The first-order chi connectivity index (χ1) is 7.37. The van der Waals surface area contributed by atoms with E-state index < -0.39 is 0 Å². The molecule has 0 aliphatic carbocycles. The van der Waals surface area contributed by atoms with E-state index in [0.29, 0.717) is 12.1 Å². The molecule has 0 bridgehead atoms. The number of rotatable bonds is 8. The van der Waals surface area contributed by atoms with E-state index in [0.717, 1.165) is 13.1 Å². The lowest BCUT2D eigenvalue weighted by atomic mass is 10.0. The van der Waals surface area contributed by atoms with Gasteiger partial charge >= 0.3 is 0 Å². The Morgan fingerprint density at radius 3 is 2.00 bits per heavy atom. The Morgan fingerprint density at radius 1 is 1.06 bits per heavy atom. The first-order valence-corrected chi connectivity index (χ1v) is 6.88. The summed E-state index contributed by atoms with van der Waals surface area (Å²) in [6, 6.07) is 1.30. The highest BCUT2D eigenvalue weighted by Gasteiger charge is 2.20. The molecule has 0 saturated heterocycles. The van der Waals surface area contributed by atoms with Crippen molar-refractivity contribution < 1.29 is 0 Å². The van der Waals surface area contributed by atoms with E-state index in [1.165, 1.54) is 12.8 Å². The molecule has 0 fully saturated rings. The van der Waals surface area contributed by atoms with Crippen LogP contribution in [0.2, 0.25) is 0 Å². The van der Waals surface area contributed by atoms with Gasteiger partial charge < -0.3 is 5.32 Å². The maximum atomic E-state index is 3.66. The molecule has 0 aliphatic heterocycles. The molecule has 98 valence electrons. The van der Waals surface area contributed by atoms with Crippen LogP contribution >= 0.6 is 0 Å². The molecule has 0 amide bonds. The minimum Gasteiger partial charge on any atom is -0.310 e. The minimum atomic E-state index is 0.267. The maximum Gasteiger partial charge on any atom is 0.0195 e. The van der Waals surface area contributed by atoms with E-state index in [-0.39, 0.29) is 5.54 Å². The molecule has 16 heavy (non-hydrogen) atoms. The normalized spacial score (nSPS) is 16.5. The van der Waals surface area contributed by atoms with Gasteiger partial charge in [0.2, 0.25) is 0 Å². The molecule has 2 nitrogen and oxygen atoms in total. The summed E-state index contributed by atoms with van der Waals surface area (Å²) in [7, 11) is 0. The summed E-state index contributed by atoms with van der Waals surface area (Å²) in [5.74, 6) is 0. The summed E-state index contributed by atoms with van der Waals surface area (Å²) in [4.78, 5) is 2.58. The summed E-state index contributed by atoms with van der Waals surface area (Å²) in [6.45, 7) is 18.2. The van der Waals surface area contributed by atoms with Crippen molar-refractivity contribution in [3.05, 3.63) is 0 Å². The second-order valence-corrected chi connectivity index (χ2v) is 5.56. The molecule has 0 aromatic rings. The third-order valence-corrected chi connectivity index (χ3v) is 3.85. The van der Waals surface area contributed by atoms with Gasteiger partial charge in [0.15, 0.2) is 0 Å². The van der Waals surface area contributed by atoms with Gasteiger partial charge in [-0.2, -0.15) is 0 Å². The van der Waals surface area contributed by atoms with Gasteiger partial charge in [-0.15, -0.1) is 0 Å². The summed E-state index contributed by atoms with van der Waals surface area (Å²) in [5.41, 5.74) is 0.267. The number of hydrogen-bond donors (Lipinski definition) is 1. The van der Waals surface area contributed by atoms with Crippen LogP contribution in [0, 0.1) is 0 Å². The Bertz CT molecular complexity index is 178. The van der Waals surface area contributed by atoms with Crippen molar-refractivity contribution in [1.82, 2.24) is 10.2 Å². The maximum absolute atomic E-state index is 3.66. The fourth-order valence-corrected chi connectivity index (χ4v) is 1.96. The largest absolute Gasteiger partial charge is 0.310 e. The van der Waals surface area contributed by atoms with Gasteiger partial charge in [-0.25, -0.2) is 0 Å². The molecule has 0 heterocycles. The summed E-state index contributed by atoms with van der Waals surface area (Å²) in [6.07, 6.45) is 2.41. The van der Waals surface area contributed by atoms with Gasteiger partial charge in [0.05, 0.1) is 0 Å². The van der Waals surface area contributed by atoms with E-state index in [1.807, 2.05) is 0 Å². The van der Waals surface area contributed by atoms with Crippen LogP contribution in [0.3, 0.4) is 0 Å². The number of hydrogen-bond acceptors (Lipinski definition) is 2. The fraction of sp³-hybridized carbons (Fsp3) is 1.00. The van der Waals surface area contributed by atoms with Crippen LogP contribution in [0.25, 0.3) is 0 Å². The Morgan fingerprint density at radius 2 is 1.62 bits per heavy atom. The van der Waals surface area contributed by atoms with Crippen LogP contribution in [-0.2, 0) is 0 Å². The zero-order valence-corrected chi connectivity index (χ0v) is 12.4. The molecule has 0 saturated carbocycles. The van der Waals surface area contributed by atoms with Gasteiger partial charge in [0, 0.05) is 24.2 Å².